The van der Waals surface area contributed by atoms with Crippen LogP contribution in [0.1, 0.15) is 10.4 Å². The van der Waals surface area contributed by atoms with Crippen LogP contribution in [0.3, 0.4) is 0 Å². The fourth-order valence-electron chi connectivity index (χ4n) is 5.46. The van der Waals surface area contributed by atoms with Gasteiger partial charge in [-0.2, -0.15) is 0 Å². The molecule has 0 saturated heterocycles. The molecular weight excluding hydrogens is 444 g/mol. The topological polar surface area (TPSA) is 9.86 Å². The second-order valence-electron chi connectivity index (χ2n) is 8.68. The first kappa shape index (κ1) is 20.1. The molecule has 0 radical (unpaired) electrons. The third kappa shape index (κ3) is 2.70. The van der Waals surface area contributed by atoms with Gasteiger partial charge in [-0.05, 0) is 42.0 Å². The maximum absolute atomic E-state index is 4.11. The molecule has 35 heavy (non-hydrogen) atoms. The summed E-state index contributed by atoms with van der Waals surface area (Å²) in [6.07, 6.45) is 3.91. The number of thiophene rings is 1. The lowest BCUT2D eigenvalue weighted by molar-refractivity contribution is 1.17. The molecule has 7 rings (SSSR count). The van der Waals surface area contributed by atoms with Crippen molar-refractivity contribution in [1.29, 1.82) is 0 Å². The highest BCUT2D eigenvalue weighted by Crippen LogP contribution is 2.46. The molecule has 2 nitrogen and oxygen atoms in total. The van der Waals surface area contributed by atoms with E-state index in [1.165, 1.54) is 42.9 Å². The van der Waals surface area contributed by atoms with Crippen LogP contribution in [-0.4, -0.2) is 9.13 Å². The quantitative estimate of drug-likeness (QED) is 0.245. The monoisotopic (exact) mass is 466 g/mol. The van der Waals surface area contributed by atoms with Gasteiger partial charge in [0.2, 0.25) is 0 Å². The first-order valence-corrected chi connectivity index (χ1v) is 12.5. The Bertz CT molecular complexity index is 1880. The zero-order valence-corrected chi connectivity index (χ0v) is 19.9. The average molecular weight is 467 g/mol. The van der Waals surface area contributed by atoms with Crippen molar-refractivity contribution in [1.82, 2.24) is 9.13 Å². The van der Waals surface area contributed by atoms with E-state index in [1.807, 2.05) is 12.2 Å². The number of hydrogen-bond donors (Lipinski definition) is 0. The Morgan fingerprint density at radius 2 is 1.20 bits per heavy atom. The van der Waals surface area contributed by atoms with E-state index in [-0.39, 0.29) is 0 Å². The molecular formula is C32H22N2S. The van der Waals surface area contributed by atoms with Crippen molar-refractivity contribution in [3.8, 4) is 11.4 Å². The molecule has 0 N–H and O–H groups in total. The number of nitrogens with zero attached hydrogens (tertiary/aromatic N) is 2. The molecule has 0 atom stereocenters. The number of hydrogen-bond acceptors (Lipinski definition) is 1. The van der Waals surface area contributed by atoms with E-state index >= 15 is 0 Å². The summed E-state index contributed by atoms with van der Waals surface area (Å²) in [6, 6.07) is 34.6. The SMILES string of the molecule is C=Cc1sc2c(ccc3c2c2c(c4ccccc4n2-c2ccccc2)n3-c2ccccc2)c1C=C. The fourth-order valence-corrected chi connectivity index (χ4v) is 6.65. The lowest BCUT2D eigenvalue weighted by atomic mass is 10.1. The van der Waals surface area contributed by atoms with Crippen molar-refractivity contribution in [3.05, 3.63) is 121 Å². The Hall–Kier alpha value is -4.34. The molecule has 3 heteroatoms. The van der Waals surface area contributed by atoms with Crippen molar-refractivity contribution in [2.24, 2.45) is 0 Å². The summed E-state index contributed by atoms with van der Waals surface area (Å²) in [5.41, 5.74) is 8.35. The van der Waals surface area contributed by atoms with Crippen LogP contribution >= 0.6 is 11.3 Å². The van der Waals surface area contributed by atoms with E-state index in [0.717, 1.165) is 21.8 Å². The smallest absolute Gasteiger partial charge is 0.0818 e. The van der Waals surface area contributed by atoms with Gasteiger partial charge >= 0.3 is 0 Å². The molecule has 0 spiro atoms. The van der Waals surface area contributed by atoms with Gasteiger partial charge in [-0.25, -0.2) is 0 Å². The van der Waals surface area contributed by atoms with E-state index in [2.05, 4.69) is 119 Å². The standard InChI is InChI=1S/C32H22N2S/c1-3-23-24-19-20-27-29(32(24)35-28(23)4-2)31-30(34(27)22-15-9-6-10-16-22)25-17-11-12-18-26(25)33(31)21-13-7-5-8-14-21/h3-20H,1-2H2. The maximum Gasteiger partial charge on any atom is 0.0818 e. The Balaban J connectivity index is 1.82. The number of benzene rings is 4. The summed E-state index contributed by atoms with van der Waals surface area (Å²) >= 11 is 1.80. The molecule has 0 saturated carbocycles. The van der Waals surface area contributed by atoms with E-state index in [9.17, 15) is 0 Å². The number of fused-ring (bicyclic) bond motifs is 7. The highest BCUT2D eigenvalue weighted by Gasteiger charge is 2.24. The molecule has 0 fully saturated rings. The Kier molecular flexibility index (Phi) is 4.35. The van der Waals surface area contributed by atoms with Crippen LogP contribution < -0.4 is 0 Å². The predicted octanol–water partition coefficient (Wildman–Crippen LogP) is 9.23. The predicted molar refractivity (Wildman–Crippen MR) is 153 cm³/mol. The Morgan fingerprint density at radius 3 is 1.86 bits per heavy atom. The summed E-state index contributed by atoms with van der Waals surface area (Å²) in [7, 11) is 0. The van der Waals surface area contributed by atoms with Gasteiger partial charge in [-0.3, -0.25) is 0 Å². The molecule has 0 amide bonds. The minimum atomic E-state index is 1.16. The van der Waals surface area contributed by atoms with Gasteiger partial charge in [0.1, 0.15) is 0 Å². The first-order valence-electron chi connectivity index (χ1n) is 11.7. The third-order valence-electron chi connectivity index (χ3n) is 6.87. The number of aromatic nitrogens is 2. The molecule has 0 bridgehead atoms. The average Bonchev–Trinajstić information content (AvgIpc) is 3.56. The van der Waals surface area contributed by atoms with Crippen LogP contribution in [0.15, 0.2) is 110 Å². The van der Waals surface area contributed by atoms with Crippen LogP contribution in [0.4, 0.5) is 0 Å². The third-order valence-corrected chi connectivity index (χ3v) is 8.11. The largest absolute Gasteiger partial charge is 0.307 e. The van der Waals surface area contributed by atoms with E-state index in [0.29, 0.717) is 0 Å². The highest BCUT2D eigenvalue weighted by atomic mass is 32.1. The highest BCUT2D eigenvalue weighted by molar-refractivity contribution is 7.21. The summed E-state index contributed by atoms with van der Waals surface area (Å²) in [6.45, 7) is 8.19. The summed E-state index contributed by atoms with van der Waals surface area (Å²) in [4.78, 5) is 1.16. The zero-order valence-electron chi connectivity index (χ0n) is 19.1. The molecule has 3 aromatic heterocycles. The lowest BCUT2D eigenvalue weighted by Crippen LogP contribution is -1.93. The fraction of sp³-hybridized carbons (Fsp3) is 0. The van der Waals surface area contributed by atoms with Crippen LogP contribution in [0.5, 0.6) is 0 Å². The molecule has 0 aliphatic rings. The minimum Gasteiger partial charge on any atom is -0.307 e. The molecule has 0 aliphatic heterocycles. The van der Waals surface area contributed by atoms with Gasteiger partial charge in [-0.1, -0.05) is 86.0 Å². The van der Waals surface area contributed by atoms with Gasteiger partial charge in [0.05, 0.1) is 22.1 Å². The van der Waals surface area contributed by atoms with Gasteiger partial charge in [0, 0.05) is 37.1 Å². The lowest BCUT2D eigenvalue weighted by Gasteiger charge is -2.09. The van der Waals surface area contributed by atoms with Crippen molar-refractivity contribution in [2.45, 2.75) is 0 Å². The van der Waals surface area contributed by atoms with Crippen LogP contribution in [-0.2, 0) is 0 Å². The Morgan fingerprint density at radius 1 is 0.571 bits per heavy atom. The molecule has 0 unspecified atom stereocenters. The van der Waals surface area contributed by atoms with Gasteiger partial charge < -0.3 is 9.13 Å². The molecule has 4 aromatic carbocycles. The van der Waals surface area contributed by atoms with Crippen molar-refractivity contribution in [2.75, 3.05) is 0 Å². The molecule has 166 valence electrons. The van der Waals surface area contributed by atoms with E-state index in [1.54, 1.807) is 11.3 Å². The van der Waals surface area contributed by atoms with Crippen molar-refractivity contribution >= 4 is 66.4 Å². The number of para-hydroxylation sites is 3. The summed E-state index contributed by atoms with van der Waals surface area (Å²) < 4.78 is 6.12. The van der Waals surface area contributed by atoms with Crippen LogP contribution in [0.25, 0.3) is 66.5 Å². The van der Waals surface area contributed by atoms with E-state index in [4.69, 9.17) is 0 Å². The Labute approximate surface area is 207 Å². The normalized spacial score (nSPS) is 11.7. The van der Waals surface area contributed by atoms with Gasteiger partial charge in [0.15, 0.2) is 0 Å². The molecule has 0 aliphatic carbocycles. The zero-order chi connectivity index (χ0) is 23.5. The first-order chi connectivity index (χ1) is 17.3. The van der Waals surface area contributed by atoms with Crippen LogP contribution in [0.2, 0.25) is 0 Å². The van der Waals surface area contributed by atoms with Crippen molar-refractivity contribution < 1.29 is 0 Å². The van der Waals surface area contributed by atoms with Crippen molar-refractivity contribution in [3.63, 3.8) is 0 Å². The van der Waals surface area contributed by atoms with Crippen LogP contribution in [0, 0.1) is 0 Å². The minimum absolute atomic E-state index is 1.16. The summed E-state index contributed by atoms with van der Waals surface area (Å²) in [5.74, 6) is 0. The molecule has 7 aromatic rings. The molecule has 3 heterocycles. The second kappa shape index (κ2) is 7.59. The van der Waals surface area contributed by atoms with Gasteiger partial charge in [0.25, 0.3) is 0 Å². The van der Waals surface area contributed by atoms with Gasteiger partial charge in [-0.15, -0.1) is 11.3 Å². The second-order valence-corrected chi connectivity index (χ2v) is 9.73. The summed E-state index contributed by atoms with van der Waals surface area (Å²) in [5, 5.41) is 3.73. The van der Waals surface area contributed by atoms with E-state index < -0.39 is 0 Å². The maximum atomic E-state index is 4.11. The number of rotatable bonds is 4.